The smallest absolute Gasteiger partial charge is 0.252 e. The number of rotatable bonds is 5. The molecule has 22 heavy (non-hydrogen) atoms. The average molecular weight is 305 g/mol. The predicted octanol–water partition coefficient (Wildman–Crippen LogP) is 2.32. The molecule has 0 unspecified atom stereocenters. The third kappa shape index (κ3) is 4.08. The summed E-state index contributed by atoms with van der Waals surface area (Å²) in [6, 6.07) is 4.84. The normalized spacial score (nSPS) is 10.8. The molecule has 0 bridgehead atoms. The zero-order chi connectivity index (χ0) is 16.1. The van der Waals surface area contributed by atoms with Crippen molar-refractivity contribution in [2.45, 2.75) is 0 Å². The molecule has 1 N–H and O–H groups in total. The van der Waals surface area contributed by atoms with E-state index in [4.69, 9.17) is 0 Å². The van der Waals surface area contributed by atoms with Crippen LogP contribution < -0.4 is 5.32 Å². The summed E-state index contributed by atoms with van der Waals surface area (Å²) >= 11 is 0. The number of pyridine rings is 1. The highest BCUT2D eigenvalue weighted by molar-refractivity contribution is 5.95. The van der Waals surface area contributed by atoms with E-state index in [1.165, 1.54) is 30.6 Å². The summed E-state index contributed by atoms with van der Waals surface area (Å²) in [6.45, 7) is 1.21. The summed E-state index contributed by atoms with van der Waals surface area (Å²) in [6.07, 6.45) is 2.85. The Labute approximate surface area is 127 Å². The first-order valence-electron chi connectivity index (χ1n) is 6.81. The lowest BCUT2D eigenvalue weighted by Crippen LogP contribution is -2.31. The molecule has 0 fully saturated rings. The second-order valence-corrected chi connectivity index (χ2v) is 5.15. The zero-order valence-electron chi connectivity index (χ0n) is 12.4. The van der Waals surface area contributed by atoms with Gasteiger partial charge in [0.15, 0.2) is 0 Å². The predicted molar refractivity (Wildman–Crippen MR) is 80.5 cm³/mol. The van der Waals surface area contributed by atoms with E-state index in [0.717, 1.165) is 6.07 Å². The maximum atomic E-state index is 13.8. The lowest BCUT2D eigenvalue weighted by atomic mass is 10.1. The van der Waals surface area contributed by atoms with Gasteiger partial charge in [-0.05, 0) is 32.3 Å². The molecule has 0 spiro atoms. The number of hydrogen-bond acceptors (Lipinski definition) is 3. The second kappa shape index (κ2) is 7.09. The Morgan fingerprint density at radius 1 is 1.23 bits per heavy atom. The van der Waals surface area contributed by atoms with E-state index < -0.39 is 11.6 Å². The molecule has 2 rings (SSSR count). The number of benzene rings is 1. The molecule has 0 saturated carbocycles. The molecule has 0 aliphatic carbocycles. The zero-order valence-corrected chi connectivity index (χ0v) is 12.4. The lowest BCUT2D eigenvalue weighted by molar-refractivity contribution is 0.0950. The number of amides is 1. The first-order valence-corrected chi connectivity index (χ1v) is 6.81. The molecule has 1 aromatic heterocycles. The van der Waals surface area contributed by atoms with E-state index >= 15 is 0 Å². The van der Waals surface area contributed by atoms with Crippen molar-refractivity contribution in [2.24, 2.45) is 0 Å². The van der Waals surface area contributed by atoms with Crippen LogP contribution in [-0.4, -0.2) is 43.0 Å². The van der Waals surface area contributed by atoms with Gasteiger partial charge in [0.2, 0.25) is 0 Å². The van der Waals surface area contributed by atoms with Gasteiger partial charge >= 0.3 is 0 Å². The Kier molecular flexibility index (Phi) is 5.16. The highest BCUT2D eigenvalue weighted by atomic mass is 19.1. The van der Waals surface area contributed by atoms with E-state index in [1.807, 2.05) is 19.0 Å². The number of hydrogen-bond donors (Lipinski definition) is 1. The molecule has 1 aromatic carbocycles. The summed E-state index contributed by atoms with van der Waals surface area (Å²) < 4.78 is 26.7. The summed E-state index contributed by atoms with van der Waals surface area (Å²) in [4.78, 5) is 17.9. The van der Waals surface area contributed by atoms with Gasteiger partial charge in [-0.15, -0.1) is 0 Å². The van der Waals surface area contributed by atoms with Crippen molar-refractivity contribution < 1.29 is 13.6 Å². The minimum atomic E-state index is -0.688. The summed E-state index contributed by atoms with van der Waals surface area (Å²) in [5, 5.41) is 2.76. The van der Waals surface area contributed by atoms with Gasteiger partial charge in [-0.2, -0.15) is 0 Å². The van der Waals surface area contributed by atoms with Crippen molar-refractivity contribution in [1.82, 2.24) is 15.2 Å². The third-order valence-corrected chi connectivity index (χ3v) is 3.09. The summed E-state index contributed by atoms with van der Waals surface area (Å²) in [5.41, 5.74) is 0.967. The van der Waals surface area contributed by atoms with Crippen LogP contribution in [0.15, 0.2) is 36.7 Å². The number of carbonyl (C=O) groups is 1. The number of likely N-dealkylation sites (N-methyl/N-ethyl adjacent to an activating group) is 1. The highest BCUT2D eigenvalue weighted by Gasteiger charge is 2.11. The Bertz CT molecular complexity index is 674. The molecule has 1 amide bonds. The van der Waals surface area contributed by atoms with E-state index in [1.54, 1.807) is 0 Å². The maximum Gasteiger partial charge on any atom is 0.252 e. The van der Waals surface area contributed by atoms with Crippen LogP contribution in [0, 0.1) is 11.6 Å². The molecule has 4 nitrogen and oxygen atoms in total. The van der Waals surface area contributed by atoms with Gasteiger partial charge < -0.3 is 10.2 Å². The molecule has 0 saturated heterocycles. The molecule has 116 valence electrons. The standard InChI is InChI=1S/C16H17F2N3O/c1-21(2)6-5-20-16(22)12-7-11(9-19-10-12)14-4-3-13(17)8-15(14)18/h3-4,7-10H,5-6H2,1-2H3,(H,20,22). The van der Waals surface area contributed by atoms with Gasteiger partial charge in [-0.3, -0.25) is 9.78 Å². The van der Waals surface area contributed by atoms with E-state index in [0.29, 0.717) is 24.2 Å². The van der Waals surface area contributed by atoms with Gasteiger partial charge in [-0.25, -0.2) is 8.78 Å². The number of aromatic nitrogens is 1. The molecule has 1 heterocycles. The molecular formula is C16H17F2N3O. The Morgan fingerprint density at radius 2 is 2.00 bits per heavy atom. The Morgan fingerprint density at radius 3 is 2.68 bits per heavy atom. The van der Waals surface area contributed by atoms with Gasteiger partial charge in [0.1, 0.15) is 11.6 Å². The van der Waals surface area contributed by atoms with Crippen LogP contribution >= 0.6 is 0 Å². The summed E-state index contributed by atoms with van der Waals surface area (Å²) in [7, 11) is 3.82. The van der Waals surface area contributed by atoms with Crippen molar-refractivity contribution in [3.8, 4) is 11.1 Å². The van der Waals surface area contributed by atoms with E-state index in [9.17, 15) is 13.6 Å². The van der Waals surface area contributed by atoms with E-state index in [-0.39, 0.29) is 11.5 Å². The van der Waals surface area contributed by atoms with Crippen molar-refractivity contribution in [3.63, 3.8) is 0 Å². The minimum Gasteiger partial charge on any atom is -0.351 e. The number of carbonyl (C=O) groups excluding carboxylic acids is 1. The summed E-state index contributed by atoms with van der Waals surface area (Å²) in [5.74, 6) is -1.61. The highest BCUT2D eigenvalue weighted by Crippen LogP contribution is 2.23. The molecule has 0 radical (unpaired) electrons. The molecule has 0 aliphatic rings. The average Bonchev–Trinajstić information content (AvgIpc) is 2.47. The van der Waals surface area contributed by atoms with Crippen molar-refractivity contribution in [2.75, 3.05) is 27.2 Å². The van der Waals surface area contributed by atoms with Crippen molar-refractivity contribution in [1.29, 1.82) is 0 Å². The largest absolute Gasteiger partial charge is 0.351 e. The van der Waals surface area contributed by atoms with Crippen LogP contribution in [0.5, 0.6) is 0 Å². The second-order valence-electron chi connectivity index (χ2n) is 5.15. The van der Waals surface area contributed by atoms with Crippen LogP contribution in [0.2, 0.25) is 0 Å². The fraction of sp³-hybridized carbons (Fsp3) is 0.250. The molecule has 0 aliphatic heterocycles. The number of halogens is 2. The van der Waals surface area contributed by atoms with Crippen molar-refractivity contribution >= 4 is 5.91 Å². The fourth-order valence-corrected chi connectivity index (χ4v) is 1.93. The maximum absolute atomic E-state index is 13.8. The topological polar surface area (TPSA) is 45.2 Å². The molecule has 0 atom stereocenters. The van der Waals surface area contributed by atoms with Crippen molar-refractivity contribution in [3.05, 3.63) is 53.9 Å². The van der Waals surface area contributed by atoms with Crippen LogP contribution in [0.4, 0.5) is 8.78 Å². The van der Waals surface area contributed by atoms with Crippen LogP contribution in [0.1, 0.15) is 10.4 Å². The van der Waals surface area contributed by atoms with Crippen LogP contribution in [0.3, 0.4) is 0 Å². The fourth-order valence-electron chi connectivity index (χ4n) is 1.93. The van der Waals surface area contributed by atoms with Gasteiger partial charge in [0.25, 0.3) is 5.91 Å². The third-order valence-electron chi connectivity index (χ3n) is 3.09. The van der Waals surface area contributed by atoms with Crippen LogP contribution in [0.25, 0.3) is 11.1 Å². The Hall–Kier alpha value is -2.34. The van der Waals surface area contributed by atoms with Crippen LogP contribution in [-0.2, 0) is 0 Å². The minimum absolute atomic E-state index is 0.205. The number of nitrogens with zero attached hydrogens (tertiary/aromatic N) is 2. The monoisotopic (exact) mass is 305 g/mol. The SMILES string of the molecule is CN(C)CCNC(=O)c1cncc(-c2ccc(F)cc2F)c1. The first-order chi connectivity index (χ1) is 10.5. The number of nitrogens with one attached hydrogen (secondary N) is 1. The first kappa shape index (κ1) is 16.0. The molecule has 6 heteroatoms. The van der Waals surface area contributed by atoms with Gasteiger partial charge in [0.05, 0.1) is 5.56 Å². The lowest BCUT2D eigenvalue weighted by Gasteiger charge is -2.11. The van der Waals surface area contributed by atoms with Gasteiger partial charge in [-0.1, -0.05) is 0 Å². The quantitative estimate of drug-likeness (QED) is 0.922. The van der Waals surface area contributed by atoms with Gasteiger partial charge in [0, 0.05) is 42.7 Å². The molecular weight excluding hydrogens is 288 g/mol. The molecule has 2 aromatic rings. The Balaban J connectivity index is 2.17. The van der Waals surface area contributed by atoms with E-state index in [2.05, 4.69) is 10.3 Å².